The van der Waals surface area contributed by atoms with Gasteiger partial charge < -0.3 is 0 Å². The molecule has 0 bridgehead atoms. The Hall–Kier alpha value is -2.78. The molecular weight excluding hydrogens is 300 g/mol. The largest absolute Gasteiger partial charge is 0.0939 e. The van der Waals surface area contributed by atoms with Crippen molar-refractivity contribution in [3.63, 3.8) is 0 Å². The molecule has 0 radical (unpaired) electrons. The van der Waals surface area contributed by atoms with E-state index < -0.39 is 0 Å². The topological polar surface area (TPSA) is 0 Å². The monoisotopic (exact) mass is 322 g/mol. The van der Waals surface area contributed by atoms with Crippen LogP contribution in [0.3, 0.4) is 0 Å². The molecule has 0 aromatic heterocycles. The number of hydrogen-bond donors (Lipinski definition) is 0. The third-order valence-corrected chi connectivity index (χ3v) is 5.15. The Morgan fingerprint density at radius 3 is 1.68 bits per heavy atom. The van der Waals surface area contributed by atoms with Crippen LogP contribution in [0.5, 0.6) is 0 Å². The maximum atomic E-state index is 3.55. The molecule has 0 heterocycles. The van der Waals surface area contributed by atoms with Crippen molar-refractivity contribution in [1.82, 2.24) is 0 Å². The normalized spacial score (nSPS) is 17.4. The van der Waals surface area contributed by atoms with Crippen molar-refractivity contribution in [3.05, 3.63) is 108 Å². The summed E-state index contributed by atoms with van der Waals surface area (Å²) in [4.78, 5) is 0. The van der Waals surface area contributed by atoms with Crippen molar-refractivity contribution in [2.75, 3.05) is 0 Å². The van der Waals surface area contributed by atoms with Crippen LogP contribution < -0.4 is 0 Å². The SMILES string of the molecule is C(#CC1CC1(Cc1ccccc1)Cc1ccccc1)c1ccccc1. The first-order valence-corrected chi connectivity index (χ1v) is 8.99. The van der Waals surface area contributed by atoms with E-state index in [-0.39, 0.29) is 5.41 Å². The van der Waals surface area contributed by atoms with Crippen LogP contribution in [0.2, 0.25) is 0 Å². The molecule has 0 amide bonds. The molecule has 4 rings (SSSR count). The van der Waals surface area contributed by atoms with E-state index in [1.807, 2.05) is 6.07 Å². The van der Waals surface area contributed by atoms with E-state index >= 15 is 0 Å². The molecule has 1 unspecified atom stereocenters. The average Bonchev–Trinajstić information content (AvgIpc) is 3.34. The van der Waals surface area contributed by atoms with Crippen LogP contribution in [0.4, 0.5) is 0 Å². The Labute approximate surface area is 150 Å². The Balaban J connectivity index is 1.57. The van der Waals surface area contributed by atoms with Crippen LogP contribution in [-0.2, 0) is 12.8 Å². The third kappa shape index (κ3) is 3.83. The summed E-state index contributed by atoms with van der Waals surface area (Å²) < 4.78 is 0. The zero-order valence-corrected chi connectivity index (χ0v) is 14.4. The lowest BCUT2D eigenvalue weighted by molar-refractivity contribution is 0.479. The third-order valence-electron chi connectivity index (χ3n) is 5.15. The van der Waals surface area contributed by atoms with Crippen molar-refractivity contribution in [2.24, 2.45) is 11.3 Å². The number of rotatable bonds is 4. The smallest absolute Gasteiger partial charge is 0.0275 e. The van der Waals surface area contributed by atoms with Gasteiger partial charge in [0.05, 0.1) is 0 Å². The van der Waals surface area contributed by atoms with Gasteiger partial charge in [0.2, 0.25) is 0 Å². The Kier molecular flexibility index (Phi) is 4.40. The van der Waals surface area contributed by atoms with Crippen LogP contribution in [0.25, 0.3) is 0 Å². The van der Waals surface area contributed by atoms with Gasteiger partial charge >= 0.3 is 0 Å². The van der Waals surface area contributed by atoms with E-state index in [0.29, 0.717) is 5.92 Å². The summed E-state index contributed by atoms with van der Waals surface area (Å²) in [5, 5.41) is 0. The van der Waals surface area contributed by atoms with E-state index in [1.54, 1.807) is 0 Å². The van der Waals surface area contributed by atoms with Crippen molar-refractivity contribution in [1.29, 1.82) is 0 Å². The second-order valence-electron chi connectivity index (χ2n) is 7.08. The maximum Gasteiger partial charge on any atom is 0.0275 e. The zero-order valence-electron chi connectivity index (χ0n) is 14.4. The van der Waals surface area contributed by atoms with Gasteiger partial charge in [0.25, 0.3) is 0 Å². The molecule has 0 saturated heterocycles. The highest BCUT2D eigenvalue weighted by molar-refractivity contribution is 5.38. The van der Waals surface area contributed by atoms with Gasteiger partial charge in [-0.25, -0.2) is 0 Å². The molecule has 0 N–H and O–H groups in total. The fraction of sp³-hybridized carbons (Fsp3) is 0.200. The zero-order chi connectivity index (χ0) is 17.0. The highest BCUT2D eigenvalue weighted by Crippen LogP contribution is 2.56. The van der Waals surface area contributed by atoms with Gasteiger partial charge in [-0.3, -0.25) is 0 Å². The Morgan fingerprint density at radius 1 is 0.680 bits per heavy atom. The lowest BCUT2D eigenvalue weighted by atomic mass is 9.87. The molecule has 1 aliphatic rings. The van der Waals surface area contributed by atoms with E-state index in [2.05, 4.69) is 96.8 Å². The van der Waals surface area contributed by atoms with Crippen LogP contribution in [0.15, 0.2) is 91.0 Å². The van der Waals surface area contributed by atoms with Crippen molar-refractivity contribution in [3.8, 4) is 11.8 Å². The minimum Gasteiger partial charge on any atom is -0.0939 e. The molecule has 1 fully saturated rings. The highest BCUT2D eigenvalue weighted by atomic mass is 14.5. The second-order valence-corrected chi connectivity index (χ2v) is 7.08. The van der Waals surface area contributed by atoms with E-state index in [0.717, 1.165) is 18.4 Å². The van der Waals surface area contributed by atoms with Crippen molar-refractivity contribution >= 4 is 0 Å². The fourth-order valence-corrected chi connectivity index (χ4v) is 3.70. The van der Waals surface area contributed by atoms with Gasteiger partial charge in [0, 0.05) is 11.5 Å². The van der Waals surface area contributed by atoms with Gasteiger partial charge in [-0.1, -0.05) is 90.7 Å². The summed E-state index contributed by atoms with van der Waals surface area (Å²) in [6, 6.07) is 32.0. The van der Waals surface area contributed by atoms with Gasteiger partial charge in [-0.05, 0) is 47.9 Å². The first-order chi connectivity index (χ1) is 12.3. The lowest BCUT2D eigenvalue weighted by Gasteiger charge is -2.16. The molecule has 3 aromatic carbocycles. The molecule has 0 spiro atoms. The molecule has 1 aliphatic carbocycles. The molecule has 0 nitrogen and oxygen atoms in total. The van der Waals surface area contributed by atoms with E-state index in [4.69, 9.17) is 0 Å². The minimum absolute atomic E-state index is 0.282. The van der Waals surface area contributed by atoms with Gasteiger partial charge in [0.1, 0.15) is 0 Å². The highest BCUT2D eigenvalue weighted by Gasteiger charge is 2.52. The summed E-state index contributed by atoms with van der Waals surface area (Å²) in [6.45, 7) is 0. The molecule has 3 aromatic rings. The lowest BCUT2D eigenvalue weighted by Crippen LogP contribution is -2.12. The summed E-state index contributed by atoms with van der Waals surface area (Å²) in [6.07, 6.45) is 3.41. The average molecular weight is 322 g/mol. The molecule has 0 aliphatic heterocycles. The maximum absolute atomic E-state index is 3.55. The molecule has 1 atom stereocenters. The van der Waals surface area contributed by atoms with Gasteiger partial charge in [-0.2, -0.15) is 0 Å². The number of benzene rings is 3. The van der Waals surface area contributed by atoms with Crippen LogP contribution in [0.1, 0.15) is 23.1 Å². The van der Waals surface area contributed by atoms with E-state index in [1.165, 1.54) is 17.5 Å². The first-order valence-electron chi connectivity index (χ1n) is 8.99. The first kappa shape index (κ1) is 15.7. The number of hydrogen-bond acceptors (Lipinski definition) is 0. The summed E-state index contributed by atoms with van der Waals surface area (Å²) in [5.74, 6) is 7.42. The summed E-state index contributed by atoms with van der Waals surface area (Å²) in [5.41, 5.74) is 4.23. The van der Waals surface area contributed by atoms with Crippen molar-refractivity contribution in [2.45, 2.75) is 19.3 Å². The quantitative estimate of drug-likeness (QED) is 0.554. The minimum atomic E-state index is 0.282. The van der Waals surface area contributed by atoms with E-state index in [9.17, 15) is 0 Å². The molecule has 122 valence electrons. The molecule has 25 heavy (non-hydrogen) atoms. The molecule has 1 saturated carbocycles. The van der Waals surface area contributed by atoms with Crippen molar-refractivity contribution < 1.29 is 0 Å². The molecule has 0 heteroatoms. The summed E-state index contributed by atoms with van der Waals surface area (Å²) in [7, 11) is 0. The van der Waals surface area contributed by atoms with Gasteiger partial charge in [0.15, 0.2) is 0 Å². The Bertz CT molecular complexity index is 825. The van der Waals surface area contributed by atoms with Crippen LogP contribution in [-0.4, -0.2) is 0 Å². The van der Waals surface area contributed by atoms with Gasteiger partial charge in [-0.15, -0.1) is 0 Å². The molecular formula is C25H22. The van der Waals surface area contributed by atoms with Crippen LogP contribution in [0, 0.1) is 23.2 Å². The Morgan fingerprint density at radius 2 is 1.16 bits per heavy atom. The second kappa shape index (κ2) is 6.99. The van der Waals surface area contributed by atoms with Crippen LogP contribution >= 0.6 is 0 Å². The predicted molar refractivity (Wildman–Crippen MR) is 104 cm³/mol. The standard InChI is InChI=1S/C25H22/c1-4-10-21(11-5-1)16-17-24-20-25(24,18-22-12-6-2-7-13-22)19-23-14-8-3-9-15-23/h1-15,24H,18-20H2. The predicted octanol–water partition coefficient (Wildman–Crippen LogP) is 5.53. The summed E-state index contributed by atoms with van der Waals surface area (Å²) >= 11 is 0. The fourth-order valence-electron chi connectivity index (χ4n) is 3.70.